The highest BCUT2D eigenvalue weighted by atomic mass is 28.3. The number of ether oxygens (including phenoxy) is 1. The number of hydrogen-bond acceptors (Lipinski definition) is 6. The number of nitrogens with one attached hydrogen (secondary N) is 3. The van der Waals surface area contributed by atoms with Gasteiger partial charge in [0.25, 0.3) is 0 Å². The number of rotatable bonds is 7. The molecule has 2 aromatic carbocycles. The number of carbonyl (C=O) groups excluding carboxylic acids is 2. The van der Waals surface area contributed by atoms with Crippen LogP contribution in [0.4, 0.5) is 11.4 Å². The lowest BCUT2D eigenvalue weighted by Crippen LogP contribution is -2.39. The third-order valence-corrected chi connectivity index (χ3v) is 6.71. The van der Waals surface area contributed by atoms with Crippen LogP contribution in [-0.4, -0.2) is 47.6 Å². The van der Waals surface area contributed by atoms with Crippen molar-refractivity contribution in [2.24, 2.45) is 0 Å². The van der Waals surface area contributed by atoms with Gasteiger partial charge in [-0.05, 0) is 23.8 Å². The molecule has 3 N–H and O–H groups in total. The molecular formula is C21H26N6O3Si. The van der Waals surface area contributed by atoms with E-state index in [0.29, 0.717) is 11.4 Å². The molecule has 2 amide bonds. The van der Waals surface area contributed by atoms with Crippen LogP contribution in [0.25, 0.3) is 11.1 Å². The van der Waals surface area contributed by atoms with E-state index in [1.165, 1.54) is 6.92 Å². The Morgan fingerprint density at radius 3 is 2.32 bits per heavy atom. The van der Waals surface area contributed by atoms with E-state index in [2.05, 4.69) is 50.9 Å². The molecule has 9 nitrogen and oxygen atoms in total. The van der Waals surface area contributed by atoms with Crippen molar-refractivity contribution < 1.29 is 14.3 Å². The highest BCUT2D eigenvalue weighted by Gasteiger charge is 2.26. The van der Waals surface area contributed by atoms with Crippen LogP contribution >= 0.6 is 0 Å². The van der Waals surface area contributed by atoms with Crippen molar-refractivity contribution in [3.63, 3.8) is 0 Å². The zero-order valence-corrected chi connectivity index (χ0v) is 19.2. The minimum Gasteiger partial charge on any atom is -0.497 e. The van der Waals surface area contributed by atoms with Gasteiger partial charge in [0.2, 0.25) is 11.8 Å². The Kier molecular flexibility index (Phi) is 6.49. The molecule has 3 rings (SSSR count). The largest absolute Gasteiger partial charge is 0.497 e. The second-order valence-corrected chi connectivity index (χ2v) is 13.2. The maximum Gasteiger partial charge on any atom is 0.232 e. The van der Waals surface area contributed by atoms with Crippen LogP contribution in [0.15, 0.2) is 36.4 Å². The molecule has 0 saturated carbocycles. The number of H-pyrrole nitrogens is 1. The summed E-state index contributed by atoms with van der Waals surface area (Å²) in [7, 11) is -0.212. The number of methoxy groups -OCH3 is 1. The molecule has 31 heavy (non-hydrogen) atoms. The average molecular weight is 439 g/mol. The first-order chi connectivity index (χ1) is 14.7. The van der Waals surface area contributed by atoms with Crippen molar-refractivity contribution in [2.45, 2.75) is 33.0 Å². The Morgan fingerprint density at radius 1 is 1.06 bits per heavy atom. The minimum atomic E-state index is -1.83. The Labute approximate surface area is 181 Å². The predicted octanol–water partition coefficient (Wildman–Crippen LogP) is 2.56. The molecule has 0 saturated heterocycles. The monoisotopic (exact) mass is 438 g/mol. The molecule has 162 valence electrons. The summed E-state index contributed by atoms with van der Waals surface area (Å²) in [5.74, 6) is 0.482. The number of benzene rings is 2. The predicted molar refractivity (Wildman–Crippen MR) is 122 cm³/mol. The molecule has 0 atom stereocenters. The van der Waals surface area contributed by atoms with E-state index in [9.17, 15) is 9.59 Å². The molecule has 1 heterocycles. The number of aromatic nitrogens is 4. The molecule has 1 aromatic heterocycles. The Hall–Kier alpha value is -3.53. The summed E-state index contributed by atoms with van der Waals surface area (Å²) in [4.78, 5) is 24.7. The lowest BCUT2D eigenvalue weighted by atomic mass is 10.0. The van der Waals surface area contributed by atoms with Gasteiger partial charge in [-0.1, -0.05) is 48.2 Å². The normalized spacial score (nSPS) is 11.1. The maximum atomic E-state index is 12.8. The summed E-state index contributed by atoms with van der Waals surface area (Å²) in [6.07, 6.45) is -0.0464. The highest BCUT2D eigenvalue weighted by molar-refractivity contribution is 6.89. The molecule has 0 fully saturated rings. The van der Waals surface area contributed by atoms with Gasteiger partial charge in [0.1, 0.15) is 5.75 Å². The van der Waals surface area contributed by atoms with Gasteiger partial charge in [-0.2, -0.15) is 5.21 Å². The van der Waals surface area contributed by atoms with E-state index in [1.54, 1.807) is 7.11 Å². The Balaban J connectivity index is 2.16. The average Bonchev–Trinajstić information content (AvgIpc) is 3.20. The molecule has 0 unspecified atom stereocenters. The van der Waals surface area contributed by atoms with Gasteiger partial charge in [-0.3, -0.25) is 9.59 Å². The number of hydrogen-bond donors (Lipinski definition) is 3. The van der Waals surface area contributed by atoms with E-state index in [0.717, 1.165) is 22.1 Å². The smallest absolute Gasteiger partial charge is 0.232 e. The first-order valence-electron chi connectivity index (χ1n) is 9.80. The molecule has 0 aliphatic carbocycles. The molecule has 0 aliphatic rings. The van der Waals surface area contributed by atoms with Crippen LogP contribution in [0.3, 0.4) is 0 Å². The van der Waals surface area contributed by atoms with Gasteiger partial charge in [-0.15, -0.1) is 10.2 Å². The van der Waals surface area contributed by atoms with Crippen LogP contribution in [-0.2, 0) is 16.0 Å². The van der Waals surface area contributed by atoms with Gasteiger partial charge < -0.3 is 15.4 Å². The van der Waals surface area contributed by atoms with Gasteiger partial charge in [0.15, 0.2) is 5.82 Å². The third kappa shape index (κ3) is 5.34. The topological polar surface area (TPSA) is 122 Å². The SMILES string of the molecule is COc1ccc(-c2c([Si](C)(C)C)ccc(NC(C)=O)c2NC(=O)Cc2nn[nH]n2)cc1. The maximum absolute atomic E-state index is 12.8. The van der Waals surface area contributed by atoms with Crippen LogP contribution in [0, 0.1) is 0 Å². The van der Waals surface area contributed by atoms with Crippen molar-refractivity contribution in [1.29, 1.82) is 0 Å². The zero-order valence-electron chi connectivity index (χ0n) is 18.2. The summed E-state index contributed by atoms with van der Waals surface area (Å²) in [6.45, 7) is 8.14. The summed E-state index contributed by atoms with van der Waals surface area (Å²) < 4.78 is 5.29. The molecule has 10 heteroatoms. The van der Waals surface area contributed by atoms with E-state index < -0.39 is 8.07 Å². The van der Waals surface area contributed by atoms with E-state index in [4.69, 9.17) is 4.74 Å². The summed E-state index contributed by atoms with van der Waals surface area (Å²) in [5.41, 5.74) is 2.88. The molecule has 3 aromatic rings. The molecule has 0 radical (unpaired) electrons. The van der Waals surface area contributed by atoms with Gasteiger partial charge in [0.05, 0.1) is 33.0 Å². The second-order valence-electron chi connectivity index (χ2n) is 8.12. The molecule has 0 bridgehead atoms. The van der Waals surface area contributed by atoms with Crippen molar-refractivity contribution in [2.75, 3.05) is 17.7 Å². The summed E-state index contributed by atoms with van der Waals surface area (Å²) in [6, 6.07) is 11.5. The van der Waals surface area contributed by atoms with Crippen LogP contribution in [0.1, 0.15) is 12.7 Å². The summed E-state index contributed by atoms with van der Waals surface area (Å²) in [5, 5.41) is 20.5. The van der Waals surface area contributed by atoms with Crippen molar-refractivity contribution in [1.82, 2.24) is 20.6 Å². The molecular weight excluding hydrogens is 412 g/mol. The standard InChI is InChI=1S/C21H26N6O3Si/c1-13(28)22-16-10-11-17(31(3,4)5)20(14-6-8-15(30-2)9-7-14)21(16)23-19(29)12-18-24-26-27-25-18/h6-11H,12H2,1-5H3,(H,22,28)(H,23,29)(H,24,25,26,27). The third-order valence-electron chi connectivity index (χ3n) is 4.68. The lowest BCUT2D eigenvalue weighted by molar-refractivity contribution is -0.116. The van der Waals surface area contributed by atoms with Crippen molar-refractivity contribution in [3.05, 3.63) is 42.2 Å². The quantitative estimate of drug-likeness (QED) is 0.487. The van der Waals surface area contributed by atoms with Gasteiger partial charge in [-0.25, -0.2) is 0 Å². The number of amides is 2. The Bertz CT molecular complexity index is 1080. The van der Waals surface area contributed by atoms with E-state index >= 15 is 0 Å². The van der Waals surface area contributed by atoms with Gasteiger partial charge >= 0.3 is 0 Å². The fourth-order valence-electron chi connectivity index (χ4n) is 3.29. The number of carbonyl (C=O) groups is 2. The molecule has 0 aliphatic heterocycles. The van der Waals surface area contributed by atoms with E-state index in [-0.39, 0.29) is 24.1 Å². The summed E-state index contributed by atoms with van der Waals surface area (Å²) >= 11 is 0. The van der Waals surface area contributed by atoms with Crippen molar-refractivity contribution in [3.8, 4) is 16.9 Å². The lowest BCUT2D eigenvalue weighted by Gasteiger charge is -2.26. The highest BCUT2D eigenvalue weighted by Crippen LogP contribution is 2.35. The minimum absolute atomic E-state index is 0.0464. The fourth-order valence-corrected chi connectivity index (χ4v) is 4.90. The number of aromatic amines is 1. The van der Waals surface area contributed by atoms with Gasteiger partial charge in [0, 0.05) is 12.5 Å². The fraction of sp³-hybridized carbons (Fsp3) is 0.286. The first kappa shape index (κ1) is 22.2. The second kappa shape index (κ2) is 9.09. The Morgan fingerprint density at radius 2 is 1.77 bits per heavy atom. The number of tetrazole rings is 1. The van der Waals surface area contributed by atoms with Crippen LogP contribution in [0.5, 0.6) is 5.75 Å². The zero-order chi connectivity index (χ0) is 22.6. The van der Waals surface area contributed by atoms with Crippen LogP contribution < -0.4 is 20.6 Å². The van der Waals surface area contributed by atoms with E-state index in [1.807, 2.05) is 36.4 Å². The van der Waals surface area contributed by atoms with Crippen LogP contribution in [0.2, 0.25) is 19.6 Å². The number of nitrogens with zero attached hydrogens (tertiary/aromatic N) is 3. The first-order valence-corrected chi connectivity index (χ1v) is 13.3. The van der Waals surface area contributed by atoms with Crippen molar-refractivity contribution >= 4 is 36.4 Å². The molecule has 0 spiro atoms. The number of anilines is 2.